The summed E-state index contributed by atoms with van der Waals surface area (Å²) in [4.78, 5) is 11.6. The maximum absolute atomic E-state index is 11.6. The molecule has 0 bridgehead atoms. The molecule has 0 saturated heterocycles. The van der Waals surface area contributed by atoms with Gasteiger partial charge < -0.3 is 5.11 Å². The van der Waals surface area contributed by atoms with E-state index in [-0.39, 0.29) is 6.54 Å². The number of hydrogen-bond acceptors (Lipinski definition) is 6. The molecule has 1 N–H and O–H groups in total. The van der Waals surface area contributed by atoms with Gasteiger partial charge in [-0.05, 0) is 29.3 Å². The Morgan fingerprint density at radius 3 is 2.65 bits per heavy atom. The molecule has 2 rings (SSSR count). The Balaban J connectivity index is 2.36. The first-order valence-electron chi connectivity index (χ1n) is 6.39. The van der Waals surface area contributed by atoms with E-state index < -0.39 is 11.4 Å². The van der Waals surface area contributed by atoms with Crippen LogP contribution in [0.2, 0.25) is 0 Å². The molecule has 0 atom stereocenters. The highest BCUT2D eigenvalue weighted by Gasteiger charge is 2.36. The highest BCUT2D eigenvalue weighted by Crippen LogP contribution is 2.30. The summed E-state index contributed by atoms with van der Waals surface area (Å²) in [5.41, 5.74) is -0.165. The van der Waals surface area contributed by atoms with Gasteiger partial charge in [0, 0.05) is 5.56 Å². The fourth-order valence-corrected chi connectivity index (χ4v) is 2.07. The molecule has 0 aliphatic rings. The van der Waals surface area contributed by atoms with Crippen LogP contribution in [0, 0.1) is 5.41 Å². The molecule has 0 aromatic carbocycles. The van der Waals surface area contributed by atoms with Gasteiger partial charge in [-0.2, -0.15) is 10.2 Å². The van der Waals surface area contributed by atoms with Gasteiger partial charge in [0.2, 0.25) is 0 Å². The van der Waals surface area contributed by atoms with E-state index in [2.05, 4.69) is 25.7 Å². The predicted molar refractivity (Wildman–Crippen MR) is 69.5 cm³/mol. The lowest BCUT2D eigenvalue weighted by atomic mass is 9.82. The Labute approximate surface area is 115 Å². The first-order chi connectivity index (χ1) is 9.63. The molecule has 0 saturated carbocycles. The van der Waals surface area contributed by atoms with E-state index in [1.807, 2.05) is 13.8 Å². The van der Waals surface area contributed by atoms with E-state index >= 15 is 0 Å². The number of carbonyl (C=O) groups is 1. The van der Waals surface area contributed by atoms with Crippen molar-refractivity contribution in [2.24, 2.45) is 5.41 Å². The highest BCUT2D eigenvalue weighted by atomic mass is 16.4. The molecule has 2 aromatic rings. The van der Waals surface area contributed by atoms with Crippen LogP contribution in [-0.2, 0) is 11.3 Å². The van der Waals surface area contributed by atoms with Gasteiger partial charge in [-0.1, -0.05) is 13.8 Å². The van der Waals surface area contributed by atoms with Crippen molar-refractivity contribution in [2.45, 2.75) is 33.2 Å². The number of aromatic nitrogens is 6. The van der Waals surface area contributed by atoms with E-state index in [1.165, 1.54) is 4.68 Å². The summed E-state index contributed by atoms with van der Waals surface area (Å²) in [5, 5.41) is 28.4. The number of nitrogens with zero attached hydrogens (tertiary/aromatic N) is 6. The van der Waals surface area contributed by atoms with Crippen LogP contribution >= 0.6 is 0 Å². The van der Waals surface area contributed by atoms with Crippen molar-refractivity contribution >= 4 is 5.97 Å². The monoisotopic (exact) mass is 276 g/mol. The van der Waals surface area contributed by atoms with Gasteiger partial charge in [0.15, 0.2) is 5.82 Å². The standard InChI is InChI=1S/C12H16N6O2/c1-3-12(4-2,11(19)20)8-18-10(15-16-17-18)9-5-6-13-14-7-9/h5-7H,3-4,8H2,1-2H3,(H,19,20). The van der Waals surface area contributed by atoms with Crippen LogP contribution in [0.25, 0.3) is 11.4 Å². The van der Waals surface area contributed by atoms with E-state index in [9.17, 15) is 9.90 Å². The van der Waals surface area contributed by atoms with Gasteiger partial charge >= 0.3 is 5.97 Å². The third-order valence-electron chi connectivity index (χ3n) is 3.63. The molecule has 0 aliphatic heterocycles. The lowest BCUT2D eigenvalue weighted by Gasteiger charge is -2.26. The quantitative estimate of drug-likeness (QED) is 0.839. The molecule has 0 fully saturated rings. The van der Waals surface area contributed by atoms with Gasteiger partial charge in [0.1, 0.15) is 0 Å². The van der Waals surface area contributed by atoms with Gasteiger partial charge in [-0.3, -0.25) is 4.79 Å². The van der Waals surface area contributed by atoms with Crippen molar-refractivity contribution in [3.05, 3.63) is 18.5 Å². The number of rotatable bonds is 6. The first kappa shape index (κ1) is 14.0. The third-order valence-corrected chi connectivity index (χ3v) is 3.63. The highest BCUT2D eigenvalue weighted by molar-refractivity contribution is 5.74. The average molecular weight is 276 g/mol. The van der Waals surface area contributed by atoms with Crippen molar-refractivity contribution in [1.29, 1.82) is 0 Å². The van der Waals surface area contributed by atoms with Crippen LogP contribution in [0.4, 0.5) is 0 Å². The maximum Gasteiger partial charge on any atom is 0.311 e. The molecular weight excluding hydrogens is 260 g/mol. The summed E-state index contributed by atoms with van der Waals surface area (Å²) < 4.78 is 1.51. The van der Waals surface area contributed by atoms with Crippen molar-refractivity contribution in [3.63, 3.8) is 0 Å². The molecule has 2 aromatic heterocycles. The van der Waals surface area contributed by atoms with Crippen LogP contribution in [0.3, 0.4) is 0 Å². The second-order valence-electron chi connectivity index (χ2n) is 4.58. The van der Waals surface area contributed by atoms with Gasteiger partial charge in [-0.15, -0.1) is 5.10 Å². The lowest BCUT2D eigenvalue weighted by Crippen LogP contribution is -2.35. The Bertz CT molecular complexity index is 579. The number of carboxylic acids is 1. The number of tetrazole rings is 1. The summed E-state index contributed by atoms with van der Waals surface area (Å²) >= 11 is 0. The molecule has 8 nitrogen and oxygen atoms in total. The zero-order chi connectivity index (χ0) is 14.6. The molecule has 0 radical (unpaired) electrons. The molecule has 0 unspecified atom stereocenters. The normalized spacial score (nSPS) is 11.5. The average Bonchev–Trinajstić information content (AvgIpc) is 2.93. The van der Waals surface area contributed by atoms with Gasteiger partial charge in [0.25, 0.3) is 0 Å². The van der Waals surface area contributed by atoms with Crippen LogP contribution in [0.15, 0.2) is 18.5 Å². The van der Waals surface area contributed by atoms with Gasteiger partial charge in [-0.25, -0.2) is 4.68 Å². The van der Waals surface area contributed by atoms with E-state index in [4.69, 9.17) is 0 Å². The second kappa shape index (κ2) is 5.72. The Morgan fingerprint density at radius 2 is 2.10 bits per heavy atom. The van der Waals surface area contributed by atoms with Crippen molar-refractivity contribution in [1.82, 2.24) is 30.4 Å². The largest absolute Gasteiger partial charge is 0.481 e. The second-order valence-corrected chi connectivity index (χ2v) is 4.58. The maximum atomic E-state index is 11.6. The number of hydrogen-bond donors (Lipinski definition) is 1. The first-order valence-corrected chi connectivity index (χ1v) is 6.39. The SMILES string of the molecule is CCC(CC)(Cn1nnnc1-c1ccnnc1)C(=O)O. The summed E-state index contributed by atoms with van der Waals surface area (Å²) in [6, 6.07) is 1.73. The van der Waals surface area contributed by atoms with Crippen molar-refractivity contribution < 1.29 is 9.90 Å². The summed E-state index contributed by atoms with van der Waals surface area (Å²) in [6.45, 7) is 3.94. The smallest absolute Gasteiger partial charge is 0.311 e. The number of carboxylic acid groups (broad SMARTS) is 1. The summed E-state index contributed by atoms with van der Waals surface area (Å²) in [7, 11) is 0. The van der Waals surface area contributed by atoms with Gasteiger partial charge in [0.05, 0.1) is 24.4 Å². The van der Waals surface area contributed by atoms with Crippen LogP contribution < -0.4 is 0 Å². The zero-order valence-electron chi connectivity index (χ0n) is 11.4. The zero-order valence-corrected chi connectivity index (χ0v) is 11.4. The minimum absolute atomic E-state index is 0.222. The Kier molecular flexibility index (Phi) is 4.02. The van der Waals surface area contributed by atoms with Crippen LogP contribution in [-0.4, -0.2) is 41.5 Å². The van der Waals surface area contributed by atoms with Crippen molar-refractivity contribution in [3.8, 4) is 11.4 Å². The molecule has 20 heavy (non-hydrogen) atoms. The number of aliphatic carboxylic acids is 1. The molecule has 0 aliphatic carbocycles. The Morgan fingerprint density at radius 1 is 1.35 bits per heavy atom. The topological polar surface area (TPSA) is 107 Å². The molecule has 2 heterocycles. The summed E-state index contributed by atoms with van der Waals surface area (Å²) in [5.74, 6) is -0.343. The minimum Gasteiger partial charge on any atom is -0.481 e. The lowest BCUT2D eigenvalue weighted by molar-refractivity contribution is -0.150. The van der Waals surface area contributed by atoms with Crippen LogP contribution in [0.5, 0.6) is 0 Å². The van der Waals surface area contributed by atoms with E-state index in [1.54, 1.807) is 18.5 Å². The summed E-state index contributed by atoms with van der Waals surface area (Å²) in [6.07, 6.45) is 4.10. The fraction of sp³-hybridized carbons (Fsp3) is 0.500. The van der Waals surface area contributed by atoms with Crippen molar-refractivity contribution in [2.75, 3.05) is 0 Å². The van der Waals surface area contributed by atoms with E-state index in [0.29, 0.717) is 24.2 Å². The molecule has 0 spiro atoms. The van der Waals surface area contributed by atoms with Crippen LogP contribution in [0.1, 0.15) is 26.7 Å². The molecule has 8 heteroatoms. The fourth-order valence-electron chi connectivity index (χ4n) is 2.07. The van der Waals surface area contributed by atoms with E-state index in [0.717, 1.165) is 0 Å². The Hall–Kier alpha value is -2.38. The molecular formula is C12H16N6O2. The molecule has 0 amide bonds. The molecule has 106 valence electrons. The minimum atomic E-state index is -0.870. The third kappa shape index (κ3) is 2.49. The predicted octanol–water partition coefficient (Wildman–Crippen LogP) is 1.02.